The van der Waals surface area contributed by atoms with Gasteiger partial charge in [0.15, 0.2) is 0 Å². The van der Waals surface area contributed by atoms with E-state index < -0.39 is 0 Å². The van der Waals surface area contributed by atoms with Crippen molar-refractivity contribution in [3.63, 3.8) is 0 Å². The first-order valence-corrected chi connectivity index (χ1v) is 10.6. The molecule has 0 unspecified atom stereocenters. The minimum absolute atomic E-state index is 0.0688. The van der Waals surface area contributed by atoms with Gasteiger partial charge in [-0.15, -0.1) is 0 Å². The van der Waals surface area contributed by atoms with Crippen LogP contribution >= 0.6 is 0 Å². The second kappa shape index (κ2) is 8.03. The summed E-state index contributed by atoms with van der Waals surface area (Å²) in [7, 11) is 0. The molecule has 0 bridgehead atoms. The molecule has 1 amide bonds. The van der Waals surface area contributed by atoms with Crippen molar-refractivity contribution in [3.05, 3.63) is 83.4 Å². The molecular formula is C27H29N3O. The molecule has 0 aliphatic rings. The molecule has 1 heterocycles. The molecule has 158 valence electrons. The molecule has 31 heavy (non-hydrogen) atoms. The van der Waals surface area contributed by atoms with E-state index in [1.54, 1.807) is 0 Å². The van der Waals surface area contributed by atoms with E-state index in [2.05, 4.69) is 56.4 Å². The normalized spacial score (nSPS) is 11.6. The van der Waals surface area contributed by atoms with E-state index in [9.17, 15) is 4.79 Å². The summed E-state index contributed by atoms with van der Waals surface area (Å²) < 4.78 is 2.00. The van der Waals surface area contributed by atoms with Crippen molar-refractivity contribution < 1.29 is 4.79 Å². The van der Waals surface area contributed by atoms with Gasteiger partial charge in [0.25, 0.3) is 0 Å². The Balaban J connectivity index is 1.69. The molecular weight excluding hydrogens is 382 g/mol. The van der Waals surface area contributed by atoms with Gasteiger partial charge in [-0.05, 0) is 60.2 Å². The van der Waals surface area contributed by atoms with Gasteiger partial charge in [0.05, 0.1) is 11.0 Å². The fourth-order valence-corrected chi connectivity index (χ4v) is 3.97. The van der Waals surface area contributed by atoms with E-state index in [0.717, 1.165) is 39.2 Å². The van der Waals surface area contributed by atoms with Crippen LogP contribution in [0.15, 0.2) is 66.7 Å². The number of hydrogen-bond donors (Lipinski definition) is 1. The van der Waals surface area contributed by atoms with Crippen molar-refractivity contribution in [1.82, 2.24) is 9.55 Å². The molecule has 0 atom stereocenters. The summed E-state index contributed by atoms with van der Waals surface area (Å²) in [6, 6.07) is 22.5. The van der Waals surface area contributed by atoms with Crippen molar-refractivity contribution in [1.29, 1.82) is 0 Å². The molecule has 0 saturated carbocycles. The predicted octanol–water partition coefficient (Wildman–Crippen LogP) is 6.26. The van der Waals surface area contributed by atoms with Crippen molar-refractivity contribution >= 4 is 22.6 Å². The average Bonchev–Trinajstić information content (AvgIpc) is 3.05. The maximum atomic E-state index is 13.0. The Bertz CT molecular complexity index is 1220. The van der Waals surface area contributed by atoms with E-state index >= 15 is 0 Å². The maximum absolute atomic E-state index is 13.0. The minimum Gasteiger partial charge on any atom is -0.325 e. The lowest BCUT2D eigenvalue weighted by Gasteiger charge is -2.19. The van der Waals surface area contributed by atoms with Crippen LogP contribution in [0.4, 0.5) is 5.69 Å². The molecule has 0 radical (unpaired) electrons. The fourth-order valence-electron chi connectivity index (χ4n) is 3.97. The second-order valence-electron chi connectivity index (χ2n) is 9.26. The Labute approximate surface area is 183 Å². The summed E-state index contributed by atoms with van der Waals surface area (Å²) in [6.45, 7) is 10.9. The van der Waals surface area contributed by atoms with Crippen LogP contribution in [0.5, 0.6) is 0 Å². The lowest BCUT2D eigenvalue weighted by atomic mass is 9.87. The fraction of sp³-hybridized carbons (Fsp3) is 0.259. The van der Waals surface area contributed by atoms with Crippen molar-refractivity contribution in [2.24, 2.45) is 0 Å². The number of nitrogens with one attached hydrogen (secondary N) is 1. The number of anilines is 1. The SMILES string of the molecule is Cc1cc(C)cc(NC(=O)Cn2c(-c3ccc(C(C)(C)C)cc3)nc3ccccc32)c1. The molecule has 1 N–H and O–H groups in total. The number of carbonyl (C=O) groups excluding carboxylic acids is 1. The van der Waals surface area contributed by atoms with Gasteiger partial charge in [0.1, 0.15) is 12.4 Å². The van der Waals surface area contributed by atoms with Crippen LogP contribution in [-0.2, 0) is 16.8 Å². The first-order valence-electron chi connectivity index (χ1n) is 10.6. The van der Waals surface area contributed by atoms with Crippen molar-refractivity contribution in [2.75, 3.05) is 5.32 Å². The summed E-state index contributed by atoms with van der Waals surface area (Å²) in [6.07, 6.45) is 0. The number of fused-ring (bicyclic) bond motifs is 1. The van der Waals surface area contributed by atoms with E-state index in [0.29, 0.717) is 0 Å². The largest absolute Gasteiger partial charge is 0.325 e. The van der Waals surface area contributed by atoms with Crippen LogP contribution in [0, 0.1) is 13.8 Å². The zero-order chi connectivity index (χ0) is 22.2. The highest BCUT2D eigenvalue weighted by molar-refractivity contribution is 5.92. The maximum Gasteiger partial charge on any atom is 0.244 e. The van der Waals surface area contributed by atoms with Crippen LogP contribution in [0.2, 0.25) is 0 Å². The van der Waals surface area contributed by atoms with Crippen LogP contribution in [0.3, 0.4) is 0 Å². The molecule has 4 nitrogen and oxygen atoms in total. The van der Waals surface area contributed by atoms with Crippen LogP contribution in [-0.4, -0.2) is 15.5 Å². The number of benzene rings is 3. The molecule has 4 aromatic rings. The Kier molecular flexibility index (Phi) is 5.40. The van der Waals surface area contributed by atoms with Gasteiger partial charge in [0, 0.05) is 11.3 Å². The number of rotatable bonds is 4. The van der Waals surface area contributed by atoms with Gasteiger partial charge >= 0.3 is 0 Å². The number of nitrogens with zero attached hydrogens (tertiary/aromatic N) is 2. The van der Waals surface area contributed by atoms with Crippen LogP contribution < -0.4 is 5.32 Å². The Morgan fingerprint density at radius 2 is 1.58 bits per heavy atom. The molecule has 0 fully saturated rings. The third-order valence-electron chi connectivity index (χ3n) is 5.47. The summed E-state index contributed by atoms with van der Waals surface area (Å²) in [5, 5.41) is 3.05. The van der Waals surface area contributed by atoms with E-state index in [-0.39, 0.29) is 17.9 Å². The molecule has 1 aromatic heterocycles. The smallest absolute Gasteiger partial charge is 0.244 e. The molecule has 4 heteroatoms. The summed E-state index contributed by atoms with van der Waals surface area (Å²) in [5.74, 6) is 0.734. The molecule has 4 rings (SSSR count). The van der Waals surface area contributed by atoms with Gasteiger partial charge in [-0.3, -0.25) is 4.79 Å². The van der Waals surface area contributed by atoms with Crippen molar-refractivity contribution in [3.8, 4) is 11.4 Å². The molecule has 0 spiro atoms. The highest BCUT2D eigenvalue weighted by atomic mass is 16.1. The Hall–Kier alpha value is -3.40. The van der Waals surface area contributed by atoms with Gasteiger partial charge < -0.3 is 9.88 Å². The van der Waals surface area contributed by atoms with Crippen molar-refractivity contribution in [2.45, 2.75) is 46.6 Å². The van der Waals surface area contributed by atoms with Gasteiger partial charge in [-0.25, -0.2) is 4.98 Å². The van der Waals surface area contributed by atoms with E-state index in [1.807, 2.05) is 54.8 Å². The summed E-state index contributed by atoms with van der Waals surface area (Å²) in [5.41, 5.74) is 7.28. The highest BCUT2D eigenvalue weighted by Gasteiger charge is 2.17. The molecule has 0 aliphatic carbocycles. The summed E-state index contributed by atoms with van der Waals surface area (Å²) >= 11 is 0. The third kappa shape index (κ3) is 4.53. The monoisotopic (exact) mass is 411 g/mol. The van der Waals surface area contributed by atoms with Crippen LogP contribution in [0.1, 0.15) is 37.5 Å². The second-order valence-corrected chi connectivity index (χ2v) is 9.26. The van der Waals surface area contributed by atoms with Gasteiger partial charge in [-0.1, -0.05) is 63.2 Å². The number of carbonyl (C=O) groups is 1. The standard InChI is InChI=1S/C27H29N3O/c1-18-14-19(2)16-22(15-18)28-25(31)17-30-24-9-7-6-8-23(24)29-26(30)20-10-12-21(13-11-20)27(3,4)5/h6-16H,17H2,1-5H3,(H,28,31). The summed E-state index contributed by atoms with van der Waals surface area (Å²) in [4.78, 5) is 17.8. The zero-order valence-corrected chi connectivity index (χ0v) is 18.9. The molecule has 0 saturated heterocycles. The molecule has 3 aromatic carbocycles. The zero-order valence-electron chi connectivity index (χ0n) is 18.9. The van der Waals surface area contributed by atoms with Gasteiger partial charge in [0.2, 0.25) is 5.91 Å². The average molecular weight is 412 g/mol. The van der Waals surface area contributed by atoms with E-state index in [1.165, 1.54) is 5.56 Å². The lowest BCUT2D eigenvalue weighted by molar-refractivity contribution is -0.116. The first kappa shape index (κ1) is 20.9. The number of aromatic nitrogens is 2. The number of imidazole rings is 1. The number of para-hydroxylation sites is 2. The van der Waals surface area contributed by atoms with Crippen LogP contribution in [0.25, 0.3) is 22.4 Å². The predicted molar refractivity (Wildman–Crippen MR) is 128 cm³/mol. The highest BCUT2D eigenvalue weighted by Crippen LogP contribution is 2.28. The topological polar surface area (TPSA) is 46.9 Å². The minimum atomic E-state index is -0.0688. The number of aryl methyl sites for hydroxylation is 2. The Morgan fingerprint density at radius 1 is 0.935 bits per heavy atom. The quantitative estimate of drug-likeness (QED) is 0.431. The van der Waals surface area contributed by atoms with E-state index in [4.69, 9.17) is 4.98 Å². The Morgan fingerprint density at radius 3 is 2.23 bits per heavy atom. The number of amides is 1. The lowest BCUT2D eigenvalue weighted by Crippen LogP contribution is -2.19. The molecule has 0 aliphatic heterocycles. The first-order chi connectivity index (χ1) is 14.7. The number of hydrogen-bond acceptors (Lipinski definition) is 2. The third-order valence-corrected chi connectivity index (χ3v) is 5.47. The van der Waals surface area contributed by atoms with Gasteiger partial charge in [-0.2, -0.15) is 0 Å².